The second-order valence-corrected chi connectivity index (χ2v) is 5.31. The average Bonchev–Trinajstić information content (AvgIpc) is 2.86. The van der Waals surface area contributed by atoms with Crippen LogP contribution in [0.1, 0.15) is 32.6 Å². The van der Waals surface area contributed by atoms with Gasteiger partial charge in [-0.25, -0.2) is 0 Å². The van der Waals surface area contributed by atoms with Crippen molar-refractivity contribution in [2.45, 2.75) is 38.6 Å². The fraction of sp³-hybridized carbons (Fsp3) is 0.846. The van der Waals surface area contributed by atoms with Gasteiger partial charge in [-0.1, -0.05) is 0 Å². The van der Waals surface area contributed by atoms with Crippen molar-refractivity contribution in [1.29, 1.82) is 0 Å². The zero-order chi connectivity index (χ0) is 13.1. The highest BCUT2D eigenvalue weighted by Crippen LogP contribution is 2.24. The SMILES string of the molecule is CC(=O)N1CCCC(C(=O)N2CCCC2CO)C1. The van der Waals surface area contributed by atoms with E-state index < -0.39 is 0 Å². The van der Waals surface area contributed by atoms with Gasteiger partial charge in [0.1, 0.15) is 0 Å². The summed E-state index contributed by atoms with van der Waals surface area (Å²) in [6.07, 6.45) is 3.62. The lowest BCUT2D eigenvalue weighted by Crippen LogP contribution is -2.48. The van der Waals surface area contributed by atoms with Crippen LogP contribution >= 0.6 is 0 Å². The molecule has 0 spiro atoms. The third-order valence-corrected chi connectivity index (χ3v) is 4.09. The molecule has 0 bridgehead atoms. The van der Waals surface area contributed by atoms with Gasteiger partial charge >= 0.3 is 0 Å². The van der Waals surface area contributed by atoms with E-state index in [9.17, 15) is 14.7 Å². The minimum atomic E-state index is -0.0743. The third-order valence-electron chi connectivity index (χ3n) is 4.09. The molecule has 2 rings (SSSR count). The van der Waals surface area contributed by atoms with Crippen LogP contribution in [-0.4, -0.2) is 59.0 Å². The molecule has 0 aromatic carbocycles. The Labute approximate surface area is 108 Å². The number of hydrogen-bond acceptors (Lipinski definition) is 3. The van der Waals surface area contributed by atoms with E-state index in [1.54, 1.807) is 11.8 Å². The van der Waals surface area contributed by atoms with E-state index in [4.69, 9.17) is 0 Å². The van der Waals surface area contributed by atoms with Crippen LogP contribution in [0.15, 0.2) is 0 Å². The van der Waals surface area contributed by atoms with Gasteiger partial charge < -0.3 is 14.9 Å². The largest absolute Gasteiger partial charge is 0.394 e. The van der Waals surface area contributed by atoms with Crippen LogP contribution in [0.3, 0.4) is 0 Å². The maximum absolute atomic E-state index is 12.4. The smallest absolute Gasteiger partial charge is 0.227 e. The first-order chi connectivity index (χ1) is 8.63. The van der Waals surface area contributed by atoms with Gasteiger partial charge in [0.2, 0.25) is 11.8 Å². The van der Waals surface area contributed by atoms with Crippen molar-refractivity contribution in [2.75, 3.05) is 26.2 Å². The van der Waals surface area contributed by atoms with E-state index in [1.807, 2.05) is 4.90 Å². The number of rotatable bonds is 2. The van der Waals surface area contributed by atoms with Gasteiger partial charge in [0.15, 0.2) is 0 Å². The Kier molecular flexibility index (Phi) is 4.22. The maximum Gasteiger partial charge on any atom is 0.227 e. The molecule has 5 nitrogen and oxygen atoms in total. The number of likely N-dealkylation sites (tertiary alicyclic amines) is 2. The van der Waals surface area contributed by atoms with Crippen LogP contribution in [0.5, 0.6) is 0 Å². The van der Waals surface area contributed by atoms with Crippen LogP contribution in [-0.2, 0) is 9.59 Å². The molecule has 5 heteroatoms. The molecule has 2 aliphatic rings. The summed E-state index contributed by atoms with van der Waals surface area (Å²) in [6.45, 7) is 3.67. The van der Waals surface area contributed by atoms with E-state index in [0.717, 1.165) is 38.8 Å². The van der Waals surface area contributed by atoms with Crippen LogP contribution < -0.4 is 0 Å². The van der Waals surface area contributed by atoms with E-state index in [1.165, 1.54) is 0 Å². The normalized spacial score (nSPS) is 28.6. The molecule has 2 heterocycles. The molecule has 18 heavy (non-hydrogen) atoms. The van der Waals surface area contributed by atoms with E-state index in [0.29, 0.717) is 6.54 Å². The number of nitrogens with zero attached hydrogens (tertiary/aromatic N) is 2. The van der Waals surface area contributed by atoms with E-state index in [2.05, 4.69) is 0 Å². The first kappa shape index (κ1) is 13.3. The molecular formula is C13H22N2O3. The van der Waals surface area contributed by atoms with Crippen molar-refractivity contribution >= 4 is 11.8 Å². The molecule has 2 unspecified atom stereocenters. The van der Waals surface area contributed by atoms with Crippen LogP contribution in [0.2, 0.25) is 0 Å². The molecule has 2 fully saturated rings. The number of carbonyl (C=O) groups is 2. The summed E-state index contributed by atoms with van der Waals surface area (Å²) in [6, 6.07) is -0.00907. The lowest BCUT2D eigenvalue weighted by Gasteiger charge is -2.34. The Hall–Kier alpha value is -1.10. The zero-order valence-corrected chi connectivity index (χ0v) is 11.0. The topological polar surface area (TPSA) is 60.9 Å². The van der Waals surface area contributed by atoms with Crippen molar-refractivity contribution in [3.8, 4) is 0 Å². The van der Waals surface area contributed by atoms with Gasteiger partial charge in [-0.2, -0.15) is 0 Å². The Morgan fingerprint density at radius 2 is 1.94 bits per heavy atom. The Morgan fingerprint density at radius 3 is 2.61 bits per heavy atom. The Morgan fingerprint density at radius 1 is 1.22 bits per heavy atom. The first-order valence-electron chi connectivity index (χ1n) is 6.80. The highest BCUT2D eigenvalue weighted by molar-refractivity contribution is 5.81. The van der Waals surface area contributed by atoms with Crippen molar-refractivity contribution in [2.24, 2.45) is 5.92 Å². The van der Waals surface area contributed by atoms with Crippen molar-refractivity contribution < 1.29 is 14.7 Å². The molecule has 0 aromatic rings. The summed E-state index contributed by atoms with van der Waals surface area (Å²) in [5.74, 6) is 0.0972. The fourth-order valence-corrected chi connectivity index (χ4v) is 3.01. The Bertz CT molecular complexity index is 332. The first-order valence-corrected chi connectivity index (χ1v) is 6.80. The molecule has 2 aliphatic heterocycles. The fourth-order valence-electron chi connectivity index (χ4n) is 3.01. The van der Waals surface area contributed by atoms with Gasteiger partial charge in [0.05, 0.1) is 18.6 Å². The van der Waals surface area contributed by atoms with Crippen LogP contribution in [0.25, 0.3) is 0 Å². The summed E-state index contributed by atoms with van der Waals surface area (Å²) in [5.41, 5.74) is 0. The van der Waals surface area contributed by atoms with Crippen molar-refractivity contribution in [1.82, 2.24) is 9.80 Å². The van der Waals surface area contributed by atoms with Gasteiger partial charge in [-0.3, -0.25) is 9.59 Å². The lowest BCUT2D eigenvalue weighted by molar-refractivity contribution is -0.141. The third kappa shape index (κ3) is 2.66. The Balaban J connectivity index is 1.98. The average molecular weight is 254 g/mol. The quantitative estimate of drug-likeness (QED) is 0.767. The van der Waals surface area contributed by atoms with Crippen molar-refractivity contribution in [3.63, 3.8) is 0 Å². The molecule has 2 saturated heterocycles. The minimum absolute atomic E-state index is 0.00907. The van der Waals surface area contributed by atoms with Crippen molar-refractivity contribution in [3.05, 3.63) is 0 Å². The number of aliphatic hydroxyl groups excluding tert-OH is 1. The molecule has 0 radical (unpaired) electrons. The van der Waals surface area contributed by atoms with Gasteiger partial charge in [0.25, 0.3) is 0 Å². The van der Waals surface area contributed by atoms with Gasteiger partial charge in [0, 0.05) is 26.6 Å². The van der Waals surface area contributed by atoms with Gasteiger partial charge in [-0.05, 0) is 25.7 Å². The maximum atomic E-state index is 12.4. The lowest BCUT2D eigenvalue weighted by atomic mass is 9.96. The van der Waals surface area contributed by atoms with Crippen LogP contribution in [0.4, 0.5) is 0 Å². The highest BCUT2D eigenvalue weighted by Gasteiger charge is 2.35. The summed E-state index contributed by atoms with van der Waals surface area (Å²) < 4.78 is 0. The number of hydrogen-bond donors (Lipinski definition) is 1. The second-order valence-electron chi connectivity index (χ2n) is 5.31. The predicted molar refractivity (Wildman–Crippen MR) is 66.8 cm³/mol. The highest BCUT2D eigenvalue weighted by atomic mass is 16.3. The summed E-state index contributed by atoms with van der Waals surface area (Å²) in [4.78, 5) is 27.4. The summed E-state index contributed by atoms with van der Waals surface area (Å²) in [7, 11) is 0. The molecule has 102 valence electrons. The van der Waals surface area contributed by atoms with Gasteiger partial charge in [-0.15, -0.1) is 0 Å². The second kappa shape index (κ2) is 5.69. The summed E-state index contributed by atoms with van der Waals surface area (Å²) >= 11 is 0. The monoisotopic (exact) mass is 254 g/mol. The molecule has 0 aromatic heterocycles. The van der Waals surface area contributed by atoms with E-state index >= 15 is 0 Å². The number of carbonyl (C=O) groups excluding carboxylic acids is 2. The zero-order valence-electron chi connectivity index (χ0n) is 11.0. The molecule has 0 saturated carbocycles. The minimum Gasteiger partial charge on any atom is -0.394 e. The molecule has 0 aliphatic carbocycles. The predicted octanol–water partition coefficient (Wildman–Crippen LogP) is 0.228. The molecule has 1 N–H and O–H groups in total. The molecule has 2 amide bonds. The molecule has 2 atom stereocenters. The molecular weight excluding hydrogens is 232 g/mol. The number of piperidine rings is 1. The van der Waals surface area contributed by atoms with E-state index in [-0.39, 0.29) is 30.4 Å². The standard InChI is InChI=1S/C13H22N2O3/c1-10(17)14-6-2-4-11(8-14)13(18)15-7-3-5-12(15)9-16/h11-12,16H,2-9H2,1H3. The summed E-state index contributed by atoms with van der Waals surface area (Å²) in [5, 5.41) is 9.27. The number of aliphatic hydroxyl groups is 1. The van der Waals surface area contributed by atoms with Crippen LogP contribution in [0, 0.1) is 5.92 Å². The number of amides is 2.